The molecular weight excluding hydrogens is 240 g/mol. The lowest BCUT2D eigenvalue weighted by atomic mass is 10.3. The van der Waals surface area contributed by atoms with E-state index < -0.39 is 0 Å². The molecule has 17 heavy (non-hydrogen) atoms. The minimum atomic E-state index is 0.391. The second kappa shape index (κ2) is 5.25. The Morgan fingerprint density at radius 3 is 2.82 bits per heavy atom. The number of nitrogens with two attached hydrogens (primary N) is 1. The van der Waals surface area contributed by atoms with E-state index in [1.54, 1.807) is 19.2 Å². The van der Waals surface area contributed by atoms with Gasteiger partial charge in [0, 0.05) is 5.69 Å². The van der Waals surface area contributed by atoms with E-state index in [1.807, 2.05) is 6.07 Å². The van der Waals surface area contributed by atoms with E-state index in [2.05, 4.69) is 15.7 Å². The predicted molar refractivity (Wildman–Crippen MR) is 69.4 cm³/mol. The third-order valence-corrected chi connectivity index (χ3v) is 2.71. The van der Waals surface area contributed by atoms with Gasteiger partial charge in [-0.25, -0.2) is 10.8 Å². The second-order valence-electron chi connectivity index (χ2n) is 3.83. The number of anilines is 1. The van der Waals surface area contributed by atoms with Crippen molar-refractivity contribution in [2.75, 3.05) is 12.4 Å². The zero-order valence-corrected chi connectivity index (χ0v) is 10.3. The maximum Gasteiger partial charge on any atom is 0.210 e. The molecule has 0 bridgehead atoms. The molecule has 0 heterocycles. The van der Waals surface area contributed by atoms with Crippen molar-refractivity contribution in [2.45, 2.75) is 18.9 Å². The molecule has 1 fully saturated rings. The van der Waals surface area contributed by atoms with E-state index >= 15 is 0 Å². The van der Waals surface area contributed by atoms with Crippen molar-refractivity contribution in [1.82, 2.24) is 5.43 Å². The van der Waals surface area contributed by atoms with Gasteiger partial charge in [0.05, 0.1) is 18.2 Å². The van der Waals surface area contributed by atoms with Crippen LogP contribution < -0.4 is 21.3 Å². The number of aliphatic imine (C=N–C) groups is 1. The van der Waals surface area contributed by atoms with Crippen molar-refractivity contribution in [1.29, 1.82) is 0 Å². The third-order valence-electron chi connectivity index (χ3n) is 2.41. The number of nitrogens with zero attached hydrogens (tertiary/aromatic N) is 1. The molecule has 1 aliphatic rings. The Morgan fingerprint density at radius 2 is 2.29 bits per heavy atom. The maximum absolute atomic E-state index is 6.02. The molecule has 0 aliphatic heterocycles. The molecule has 1 aliphatic carbocycles. The van der Waals surface area contributed by atoms with Crippen molar-refractivity contribution >= 4 is 23.2 Å². The standard InChI is InChI=1S/C11H15ClN4O/c1-17-10-5-4-8(6-9(10)12)15-11(16-13)14-7-2-3-7/h4-7H,2-3,13H2,1H3,(H2,14,15,16). The number of hydrogen-bond donors (Lipinski definition) is 3. The fourth-order valence-corrected chi connectivity index (χ4v) is 1.63. The number of hydrazine groups is 1. The molecule has 0 radical (unpaired) electrons. The molecule has 4 N–H and O–H groups in total. The van der Waals surface area contributed by atoms with Gasteiger partial charge in [-0.1, -0.05) is 11.6 Å². The lowest BCUT2D eigenvalue weighted by Crippen LogP contribution is -2.36. The van der Waals surface area contributed by atoms with Gasteiger partial charge in [-0.05, 0) is 31.0 Å². The van der Waals surface area contributed by atoms with E-state index in [0.29, 0.717) is 22.8 Å². The van der Waals surface area contributed by atoms with Gasteiger partial charge in [-0.2, -0.15) is 0 Å². The summed E-state index contributed by atoms with van der Waals surface area (Å²) in [6, 6.07) is 5.79. The topological polar surface area (TPSA) is 71.7 Å². The fraction of sp³-hybridized carbons (Fsp3) is 0.364. The van der Waals surface area contributed by atoms with Crippen molar-refractivity contribution in [3.05, 3.63) is 23.2 Å². The number of nitrogens with one attached hydrogen (secondary N) is 2. The first-order valence-electron chi connectivity index (χ1n) is 5.38. The molecule has 1 saturated carbocycles. The average Bonchev–Trinajstić information content (AvgIpc) is 3.12. The number of rotatable bonds is 3. The van der Waals surface area contributed by atoms with E-state index in [1.165, 1.54) is 0 Å². The molecule has 0 aromatic heterocycles. The Hall–Kier alpha value is -1.46. The summed E-state index contributed by atoms with van der Waals surface area (Å²) in [5.41, 5.74) is 3.35. The van der Waals surface area contributed by atoms with Crippen molar-refractivity contribution in [2.24, 2.45) is 10.8 Å². The summed E-state index contributed by atoms with van der Waals surface area (Å²) in [5.74, 6) is 6.58. The van der Waals surface area contributed by atoms with Crippen LogP contribution in [0.15, 0.2) is 23.2 Å². The highest BCUT2D eigenvalue weighted by Gasteiger charge is 2.21. The zero-order valence-electron chi connectivity index (χ0n) is 9.53. The Kier molecular flexibility index (Phi) is 3.71. The van der Waals surface area contributed by atoms with Gasteiger partial charge < -0.3 is 10.1 Å². The Bertz CT molecular complexity index is 431. The molecule has 2 rings (SSSR count). The molecular formula is C11H15ClN4O. The zero-order chi connectivity index (χ0) is 12.3. The van der Waals surface area contributed by atoms with Gasteiger partial charge in [-0.3, -0.25) is 5.43 Å². The first-order chi connectivity index (χ1) is 8.22. The van der Waals surface area contributed by atoms with Crippen LogP contribution >= 0.6 is 11.6 Å². The lowest BCUT2D eigenvalue weighted by Gasteiger charge is -2.10. The first-order valence-corrected chi connectivity index (χ1v) is 5.75. The summed E-state index contributed by atoms with van der Waals surface area (Å²) in [4.78, 5) is 4.37. The van der Waals surface area contributed by atoms with Crippen LogP contribution in [0.1, 0.15) is 12.8 Å². The lowest BCUT2D eigenvalue weighted by molar-refractivity contribution is 0.415. The molecule has 0 saturated heterocycles. The van der Waals surface area contributed by atoms with Crippen molar-refractivity contribution in [3.63, 3.8) is 0 Å². The Morgan fingerprint density at radius 1 is 1.53 bits per heavy atom. The van der Waals surface area contributed by atoms with Crippen LogP contribution in [-0.4, -0.2) is 19.1 Å². The first kappa shape index (κ1) is 12.0. The number of guanidine groups is 1. The number of hydrogen-bond acceptors (Lipinski definition) is 3. The largest absolute Gasteiger partial charge is 0.495 e. The van der Waals surface area contributed by atoms with E-state index in [0.717, 1.165) is 18.5 Å². The molecule has 92 valence electrons. The van der Waals surface area contributed by atoms with Gasteiger partial charge in [0.1, 0.15) is 5.75 Å². The predicted octanol–water partition coefficient (Wildman–Crippen LogP) is 1.74. The Labute approximate surface area is 105 Å². The molecule has 1 aromatic rings. The van der Waals surface area contributed by atoms with Crippen LogP contribution in [0.2, 0.25) is 5.02 Å². The number of ether oxygens (including phenoxy) is 1. The number of benzene rings is 1. The fourth-order valence-electron chi connectivity index (χ4n) is 1.37. The summed E-state index contributed by atoms with van der Waals surface area (Å²) >= 11 is 6.02. The highest BCUT2D eigenvalue weighted by Crippen LogP contribution is 2.27. The van der Waals surface area contributed by atoms with Crippen LogP contribution in [-0.2, 0) is 0 Å². The quantitative estimate of drug-likeness (QED) is 0.333. The highest BCUT2D eigenvalue weighted by atomic mass is 35.5. The summed E-state index contributed by atoms with van der Waals surface area (Å²) < 4.78 is 5.08. The van der Waals surface area contributed by atoms with E-state index in [4.69, 9.17) is 22.2 Å². The van der Waals surface area contributed by atoms with Gasteiger partial charge in [0.15, 0.2) is 0 Å². The summed E-state index contributed by atoms with van der Waals surface area (Å²) in [7, 11) is 1.58. The van der Waals surface area contributed by atoms with Gasteiger partial charge in [0.25, 0.3) is 0 Å². The monoisotopic (exact) mass is 254 g/mol. The summed E-state index contributed by atoms with van der Waals surface area (Å²) in [6.45, 7) is 0. The second-order valence-corrected chi connectivity index (χ2v) is 4.23. The van der Waals surface area contributed by atoms with E-state index in [9.17, 15) is 0 Å². The number of methoxy groups -OCH3 is 1. The molecule has 6 heteroatoms. The van der Waals surface area contributed by atoms with Crippen molar-refractivity contribution in [3.8, 4) is 5.75 Å². The van der Waals surface area contributed by atoms with Crippen LogP contribution in [0, 0.1) is 0 Å². The molecule has 0 spiro atoms. The van der Waals surface area contributed by atoms with Crippen LogP contribution in [0.25, 0.3) is 0 Å². The summed E-state index contributed by atoms with van der Waals surface area (Å²) in [6.07, 6.45) is 2.24. The highest BCUT2D eigenvalue weighted by molar-refractivity contribution is 6.32. The molecule has 0 atom stereocenters. The SMILES string of the molecule is COc1ccc(NC(=NC2CC2)NN)cc1Cl. The minimum Gasteiger partial charge on any atom is -0.495 e. The average molecular weight is 255 g/mol. The van der Waals surface area contributed by atoms with Crippen LogP contribution in [0.3, 0.4) is 0 Å². The third kappa shape index (κ3) is 3.25. The van der Waals surface area contributed by atoms with Crippen molar-refractivity contribution < 1.29 is 4.74 Å². The van der Waals surface area contributed by atoms with E-state index in [-0.39, 0.29) is 0 Å². The molecule has 5 nitrogen and oxygen atoms in total. The molecule has 0 amide bonds. The van der Waals surface area contributed by atoms with Gasteiger partial charge in [-0.15, -0.1) is 0 Å². The maximum atomic E-state index is 6.02. The normalized spacial score (nSPS) is 15.6. The van der Waals surface area contributed by atoms with Gasteiger partial charge >= 0.3 is 0 Å². The van der Waals surface area contributed by atoms with Gasteiger partial charge in [0.2, 0.25) is 5.96 Å². The molecule has 0 unspecified atom stereocenters. The number of halogens is 1. The Balaban J connectivity index is 2.09. The molecule has 1 aromatic carbocycles. The van der Waals surface area contributed by atoms with Crippen LogP contribution in [0.4, 0.5) is 5.69 Å². The summed E-state index contributed by atoms with van der Waals surface area (Å²) in [5, 5.41) is 3.61. The smallest absolute Gasteiger partial charge is 0.210 e. The van der Waals surface area contributed by atoms with Crippen LogP contribution in [0.5, 0.6) is 5.75 Å². The minimum absolute atomic E-state index is 0.391.